The number of halogens is 1. The molecule has 0 unspecified atom stereocenters. The van der Waals surface area contributed by atoms with Crippen molar-refractivity contribution < 1.29 is 4.79 Å². The van der Waals surface area contributed by atoms with E-state index in [1.165, 1.54) is 11.3 Å². The van der Waals surface area contributed by atoms with Crippen LogP contribution in [0.1, 0.15) is 34.8 Å². The lowest BCUT2D eigenvalue weighted by molar-refractivity contribution is 0.0911. The first-order chi connectivity index (χ1) is 8.90. The molecule has 0 aliphatic carbocycles. The molecule has 19 heavy (non-hydrogen) atoms. The molecule has 1 aromatic carbocycles. The maximum Gasteiger partial charge on any atom is 0.253 e. The van der Waals surface area contributed by atoms with Crippen LogP contribution in [0.2, 0.25) is 0 Å². The second kappa shape index (κ2) is 5.43. The minimum absolute atomic E-state index is 0.105. The van der Waals surface area contributed by atoms with Crippen molar-refractivity contribution in [1.82, 2.24) is 10.3 Å². The first-order valence-corrected chi connectivity index (χ1v) is 7.56. The lowest BCUT2D eigenvalue weighted by Gasteiger charge is -2.24. The number of carbonyl (C=O) groups is 1. The normalized spacial score (nSPS) is 11.4. The van der Waals surface area contributed by atoms with Crippen LogP contribution in [0.4, 0.5) is 0 Å². The topological polar surface area (TPSA) is 42.0 Å². The molecule has 0 saturated heterocycles. The Hall–Kier alpha value is -1.20. The van der Waals surface area contributed by atoms with Gasteiger partial charge >= 0.3 is 0 Å². The summed E-state index contributed by atoms with van der Waals surface area (Å²) < 4.78 is 0.805. The van der Waals surface area contributed by atoms with Gasteiger partial charge in [0, 0.05) is 16.0 Å². The second-order valence-corrected chi connectivity index (χ2v) is 6.65. The summed E-state index contributed by atoms with van der Waals surface area (Å²) in [7, 11) is 0. The highest BCUT2D eigenvalue weighted by atomic mass is 79.9. The molecule has 100 valence electrons. The molecule has 1 N–H and O–H groups in total. The van der Waals surface area contributed by atoms with Gasteiger partial charge in [0.2, 0.25) is 0 Å². The van der Waals surface area contributed by atoms with Gasteiger partial charge in [-0.15, -0.1) is 11.3 Å². The van der Waals surface area contributed by atoms with Crippen molar-refractivity contribution in [3.8, 4) is 0 Å². The minimum atomic E-state index is -0.477. The Morgan fingerprint density at radius 1 is 1.42 bits per heavy atom. The van der Waals surface area contributed by atoms with E-state index in [4.69, 9.17) is 0 Å². The number of hydrogen-bond donors (Lipinski definition) is 1. The zero-order valence-corrected chi connectivity index (χ0v) is 13.4. The Balaban J connectivity index is 2.21. The summed E-state index contributed by atoms with van der Waals surface area (Å²) in [5.74, 6) is -0.105. The molecule has 1 amide bonds. The van der Waals surface area contributed by atoms with Crippen molar-refractivity contribution in [2.24, 2.45) is 0 Å². The van der Waals surface area contributed by atoms with Gasteiger partial charge < -0.3 is 5.32 Å². The molecule has 0 spiro atoms. The number of nitrogens with zero attached hydrogens (tertiary/aromatic N) is 1. The van der Waals surface area contributed by atoms with E-state index >= 15 is 0 Å². The molecule has 2 aromatic rings. The van der Waals surface area contributed by atoms with Crippen LogP contribution in [0.25, 0.3) is 0 Å². The fourth-order valence-corrected chi connectivity index (χ4v) is 3.13. The van der Waals surface area contributed by atoms with Crippen LogP contribution in [0.5, 0.6) is 0 Å². The Morgan fingerprint density at radius 2 is 2.16 bits per heavy atom. The standard InChI is InChI=1S/C14H15BrN2OS/c1-9-4-5-10(11(15)8-9)12(18)17-14(2,3)13-16-6-7-19-13/h4-8H,1-3H3,(H,17,18). The summed E-state index contributed by atoms with van der Waals surface area (Å²) in [4.78, 5) is 16.6. The summed E-state index contributed by atoms with van der Waals surface area (Å²) in [6.07, 6.45) is 1.75. The smallest absolute Gasteiger partial charge is 0.253 e. The largest absolute Gasteiger partial charge is 0.341 e. The van der Waals surface area contributed by atoms with Crippen molar-refractivity contribution in [1.29, 1.82) is 0 Å². The Labute approximate surface area is 125 Å². The highest BCUT2D eigenvalue weighted by Crippen LogP contribution is 2.24. The van der Waals surface area contributed by atoms with E-state index in [0.29, 0.717) is 5.56 Å². The molecule has 0 bridgehead atoms. The van der Waals surface area contributed by atoms with E-state index in [1.54, 1.807) is 6.20 Å². The van der Waals surface area contributed by atoms with Crippen molar-refractivity contribution in [2.45, 2.75) is 26.3 Å². The van der Waals surface area contributed by atoms with Gasteiger partial charge in [0.05, 0.1) is 11.1 Å². The Morgan fingerprint density at radius 3 is 2.74 bits per heavy atom. The lowest BCUT2D eigenvalue weighted by atomic mass is 10.1. The number of thiazole rings is 1. The van der Waals surface area contributed by atoms with Crippen LogP contribution in [-0.2, 0) is 5.54 Å². The maximum atomic E-state index is 12.3. The lowest BCUT2D eigenvalue weighted by Crippen LogP contribution is -2.41. The first-order valence-electron chi connectivity index (χ1n) is 5.89. The summed E-state index contributed by atoms with van der Waals surface area (Å²) in [5, 5.41) is 5.81. The summed E-state index contributed by atoms with van der Waals surface area (Å²) >= 11 is 4.97. The van der Waals surface area contributed by atoms with Crippen molar-refractivity contribution in [3.63, 3.8) is 0 Å². The summed E-state index contributed by atoms with van der Waals surface area (Å²) in [6, 6.07) is 5.69. The number of rotatable bonds is 3. The summed E-state index contributed by atoms with van der Waals surface area (Å²) in [5.41, 5.74) is 1.27. The molecule has 3 nitrogen and oxygen atoms in total. The van der Waals surface area contributed by atoms with Gasteiger partial charge in [-0.1, -0.05) is 6.07 Å². The van der Waals surface area contributed by atoms with Crippen LogP contribution < -0.4 is 5.32 Å². The van der Waals surface area contributed by atoms with Crippen LogP contribution >= 0.6 is 27.3 Å². The number of nitrogens with one attached hydrogen (secondary N) is 1. The maximum absolute atomic E-state index is 12.3. The first kappa shape index (κ1) is 14.2. The van der Waals surface area contributed by atoms with E-state index in [2.05, 4.69) is 26.2 Å². The van der Waals surface area contributed by atoms with Gasteiger partial charge in [0.15, 0.2) is 0 Å². The molecule has 1 heterocycles. The van der Waals surface area contributed by atoms with E-state index in [1.807, 2.05) is 44.4 Å². The monoisotopic (exact) mass is 338 g/mol. The Bertz CT molecular complexity index is 593. The third-order valence-corrected chi connectivity index (χ3v) is 4.52. The van der Waals surface area contributed by atoms with Crippen LogP contribution in [0.3, 0.4) is 0 Å². The number of aryl methyl sites for hydroxylation is 1. The third-order valence-electron chi connectivity index (χ3n) is 2.76. The molecule has 5 heteroatoms. The third kappa shape index (κ3) is 3.22. The highest BCUT2D eigenvalue weighted by Gasteiger charge is 2.26. The number of benzene rings is 1. The fraction of sp³-hybridized carbons (Fsp3) is 0.286. The van der Waals surface area contributed by atoms with E-state index in [9.17, 15) is 4.79 Å². The van der Waals surface area contributed by atoms with Crippen LogP contribution in [-0.4, -0.2) is 10.9 Å². The second-order valence-electron chi connectivity index (χ2n) is 4.90. The van der Waals surface area contributed by atoms with Gasteiger partial charge in [-0.25, -0.2) is 4.98 Å². The zero-order chi connectivity index (χ0) is 14.0. The Kier molecular flexibility index (Phi) is 4.06. The highest BCUT2D eigenvalue weighted by molar-refractivity contribution is 9.10. The number of aromatic nitrogens is 1. The molecular weight excluding hydrogens is 324 g/mol. The average Bonchev–Trinajstić information content (AvgIpc) is 2.81. The zero-order valence-electron chi connectivity index (χ0n) is 11.0. The van der Waals surface area contributed by atoms with Gasteiger partial charge in [-0.2, -0.15) is 0 Å². The van der Waals surface area contributed by atoms with Gasteiger partial charge in [0.25, 0.3) is 5.91 Å². The molecule has 0 saturated carbocycles. The fourth-order valence-electron chi connectivity index (χ4n) is 1.74. The van der Waals surface area contributed by atoms with E-state index in [0.717, 1.165) is 15.0 Å². The van der Waals surface area contributed by atoms with E-state index in [-0.39, 0.29) is 5.91 Å². The van der Waals surface area contributed by atoms with Crippen LogP contribution in [0.15, 0.2) is 34.2 Å². The van der Waals surface area contributed by atoms with Gasteiger partial charge in [-0.05, 0) is 54.4 Å². The van der Waals surface area contributed by atoms with E-state index < -0.39 is 5.54 Å². The van der Waals surface area contributed by atoms with Crippen molar-refractivity contribution in [3.05, 3.63) is 50.4 Å². The molecule has 0 aliphatic heterocycles. The van der Waals surface area contributed by atoms with Gasteiger partial charge in [0.1, 0.15) is 5.01 Å². The molecule has 0 radical (unpaired) electrons. The number of amides is 1. The molecule has 0 atom stereocenters. The van der Waals surface area contributed by atoms with Crippen molar-refractivity contribution in [2.75, 3.05) is 0 Å². The van der Waals surface area contributed by atoms with Crippen LogP contribution in [0, 0.1) is 6.92 Å². The van der Waals surface area contributed by atoms with Crippen molar-refractivity contribution >= 4 is 33.2 Å². The SMILES string of the molecule is Cc1ccc(C(=O)NC(C)(C)c2nccs2)c(Br)c1. The number of hydrogen-bond acceptors (Lipinski definition) is 3. The predicted molar refractivity (Wildman–Crippen MR) is 81.5 cm³/mol. The molecular formula is C14H15BrN2OS. The molecule has 0 aliphatic rings. The number of carbonyl (C=O) groups excluding carboxylic acids is 1. The average molecular weight is 339 g/mol. The summed E-state index contributed by atoms with van der Waals surface area (Å²) in [6.45, 7) is 5.89. The molecule has 1 aromatic heterocycles. The quantitative estimate of drug-likeness (QED) is 0.922. The van der Waals surface area contributed by atoms with Gasteiger partial charge in [-0.3, -0.25) is 4.79 Å². The molecule has 0 fully saturated rings. The molecule has 2 rings (SSSR count). The minimum Gasteiger partial charge on any atom is -0.341 e. The predicted octanol–water partition coefficient (Wildman–Crippen LogP) is 3.88.